The number of methoxy groups -OCH3 is 1. The molecule has 0 aliphatic rings. The molecule has 0 saturated carbocycles. The third-order valence-electron chi connectivity index (χ3n) is 3.66. The van der Waals surface area contributed by atoms with Crippen molar-refractivity contribution in [2.45, 2.75) is 10.9 Å². The van der Waals surface area contributed by atoms with E-state index in [0.29, 0.717) is 11.3 Å². The Kier molecular flexibility index (Phi) is 4.82. The lowest BCUT2D eigenvalue weighted by molar-refractivity contribution is 0.415. The summed E-state index contributed by atoms with van der Waals surface area (Å²) in [5.74, 6) is 2.24. The van der Waals surface area contributed by atoms with Gasteiger partial charge in [0.05, 0.1) is 18.7 Å². The number of benzene rings is 2. The van der Waals surface area contributed by atoms with E-state index in [2.05, 4.69) is 16.3 Å². The zero-order valence-corrected chi connectivity index (χ0v) is 14.2. The van der Waals surface area contributed by atoms with Crippen molar-refractivity contribution in [1.82, 2.24) is 14.8 Å². The van der Waals surface area contributed by atoms with E-state index in [1.54, 1.807) is 18.9 Å². The van der Waals surface area contributed by atoms with Crippen molar-refractivity contribution < 1.29 is 4.74 Å². The molecule has 0 N–H and O–H groups in total. The van der Waals surface area contributed by atoms with Crippen LogP contribution in [-0.4, -0.2) is 21.9 Å². The molecule has 24 heavy (non-hydrogen) atoms. The molecular formula is C18H16N4OS. The number of ether oxygens (including phenoxy) is 1. The monoisotopic (exact) mass is 336 g/mol. The van der Waals surface area contributed by atoms with Crippen molar-refractivity contribution in [3.05, 3.63) is 59.7 Å². The quantitative estimate of drug-likeness (QED) is 0.665. The van der Waals surface area contributed by atoms with Crippen LogP contribution in [0.15, 0.2) is 53.7 Å². The van der Waals surface area contributed by atoms with Gasteiger partial charge in [-0.15, -0.1) is 10.2 Å². The van der Waals surface area contributed by atoms with Crippen LogP contribution in [0.2, 0.25) is 0 Å². The first kappa shape index (κ1) is 16.1. The molecular weight excluding hydrogens is 320 g/mol. The fraction of sp³-hybridized carbons (Fsp3) is 0.167. The predicted octanol–water partition coefficient (Wildman–Crippen LogP) is 3.65. The fourth-order valence-corrected chi connectivity index (χ4v) is 3.27. The Morgan fingerprint density at radius 1 is 1.17 bits per heavy atom. The summed E-state index contributed by atoms with van der Waals surface area (Å²) in [5, 5.41) is 18.5. The molecule has 120 valence electrons. The first-order valence-corrected chi connectivity index (χ1v) is 8.36. The molecule has 5 nitrogen and oxygen atoms in total. The molecule has 1 heterocycles. The SMILES string of the molecule is COc1cccc(-c2nnc(SCc3ccccc3C#N)n2C)c1. The molecule has 2 aromatic carbocycles. The normalized spacial score (nSPS) is 10.4. The summed E-state index contributed by atoms with van der Waals surface area (Å²) in [5.41, 5.74) is 2.64. The molecule has 0 amide bonds. The van der Waals surface area contributed by atoms with E-state index in [1.165, 1.54) is 0 Å². The maximum atomic E-state index is 9.17. The van der Waals surface area contributed by atoms with Gasteiger partial charge in [0.2, 0.25) is 0 Å². The molecule has 0 atom stereocenters. The number of thioether (sulfide) groups is 1. The third kappa shape index (κ3) is 3.26. The Labute approximate surface area is 144 Å². The summed E-state index contributed by atoms with van der Waals surface area (Å²) in [7, 11) is 3.58. The predicted molar refractivity (Wildman–Crippen MR) is 93.7 cm³/mol. The van der Waals surface area contributed by atoms with Gasteiger partial charge in [-0.05, 0) is 23.8 Å². The molecule has 0 unspecified atom stereocenters. The molecule has 6 heteroatoms. The van der Waals surface area contributed by atoms with E-state index in [4.69, 9.17) is 10.00 Å². The van der Waals surface area contributed by atoms with E-state index in [0.717, 1.165) is 27.9 Å². The van der Waals surface area contributed by atoms with Gasteiger partial charge in [0.15, 0.2) is 11.0 Å². The van der Waals surface area contributed by atoms with Crippen LogP contribution < -0.4 is 4.74 Å². The second kappa shape index (κ2) is 7.20. The molecule has 3 rings (SSSR count). The van der Waals surface area contributed by atoms with Crippen LogP contribution in [0.25, 0.3) is 11.4 Å². The topological polar surface area (TPSA) is 63.7 Å². The van der Waals surface area contributed by atoms with Crippen LogP contribution >= 0.6 is 11.8 Å². The highest BCUT2D eigenvalue weighted by atomic mass is 32.2. The van der Waals surface area contributed by atoms with Crippen molar-refractivity contribution >= 4 is 11.8 Å². The second-order valence-corrected chi connectivity index (χ2v) is 6.10. The zero-order chi connectivity index (χ0) is 16.9. The summed E-state index contributed by atoms with van der Waals surface area (Å²) in [6, 6.07) is 17.6. The van der Waals surface area contributed by atoms with Crippen molar-refractivity contribution in [2.75, 3.05) is 7.11 Å². The Balaban J connectivity index is 1.81. The minimum absolute atomic E-state index is 0.674. The Bertz CT molecular complexity index is 898. The van der Waals surface area contributed by atoms with Crippen LogP contribution in [0, 0.1) is 11.3 Å². The second-order valence-electron chi connectivity index (χ2n) is 5.15. The Hall–Kier alpha value is -2.78. The molecule has 0 saturated heterocycles. The van der Waals surface area contributed by atoms with Crippen molar-refractivity contribution in [3.63, 3.8) is 0 Å². The summed E-state index contributed by atoms with van der Waals surface area (Å²) >= 11 is 1.56. The largest absolute Gasteiger partial charge is 0.497 e. The van der Waals surface area contributed by atoms with Gasteiger partial charge in [-0.25, -0.2) is 0 Å². The fourth-order valence-electron chi connectivity index (χ4n) is 2.35. The van der Waals surface area contributed by atoms with E-state index >= 15 is 0 Å². The summed E-state index contributed by atoms with van der Waals surface area (Å²) < 4.78 is 7.21. The van der Waals surface area contributed by atoms with Crippen LogP contribution in [-0.2, 0) is 12.8 Å². The standard InChI is InChI=1S/C18H16N4OS/c1-22-17(13-8-5-9-16(10-13)23-2)20-21-18(22)24-12-15-7-4-3-6-14(15)11-19/h3-10H,12H2,1-2H3. The molecule has 0 aliphatic carbocycles. The highest BCUT2D eigenvalue weighted by Gasteiger charge is 2.12. The number of nitrogens with zero attached hydrogens (tertiary/aromatic N) is 4. The first-order valence-electron chi connectivity index (χ1n) is 7.37. The smallest absolute Gasteiger partial charge is 0.191 e. The maximum Gasteiger partial charge on any atom is 0.191 e. The lowest BCUT2D eigenvalue weighted by atomic mass is 10.1. The van der Waals surface area contributed by atoms with Crippen LogP contribution in [0.1, 0.15) is 11.1 Å². The van der Waals surface area contributed by atoms with Gasteiger partial charge < -0.3 is 9.30 Å². The number of aromatic nitrogens is 3. The summed E-state index contributed by atoms with van der Waals surface area (Å²) in [6.07, 6.45) is 0. The average molecular weight is 336 g/mol. The molecule has 0 spiro atoms. The minimum atomic E-state index is 0.674. The van der Waals surface area contributed by atoms with E-state index in [-0.39, 0.29) is 0 Å². The van der Waals surface area contributed by atoms with Gasteiger partial charge in [0, 0.05) is 18.4 Å². The maximum absolute atomic E-state index is 9.17. The van der Waals surface area contributed by atoms with E-state index in [1.807, 2.05) is 60.1 Å². The lowest BCUT2D eigenvalue weighted by Crippen LogP contribution is -1.96. The van der Waals surface area contributed by atoms with Crippen molar-refractivity contribution in [1.29, 1.82) is 5.26 Å². The summed E-state index contributed by atoms with van der Waals surface area (Å²) in [6.45, 7) is 0. The van der Waals surface area contributed by atoms with Gasteiger partial charge in [-0.2, -0.15) is 5.26 Å². The highest BCUT2D eigenvalue weighted by molar-refractivity contribution is 7.98. The van der Waals surface area contributed by atoms with Crippen molar-refractivity contribution in [2.24, 2.45) is 7.05 Å². The number of hydrogen-bond donors (Lipinski definition) is 0. The van der Waals surface area contributed by atoms with Gasteiger partial charge >= 0.3 is 0 Å². The van der Waals surface area contributed by atoms with Gasteiger partial charge in [-0.1, -0.05) is 42.1 Å². The van der Waals surface area contributed by atoms with Crippen LogP contribution in [0.3, 0.4) is 0 Å². The van der Waals surface area contributed by atoms with Gasteiger partial charge in [-0.3, -0.25) is 0 Å². The number of rotatable bonds is 5. The molecule has 1 aromatic heterocycles. The third-order valence-corrected chi connectivity index (χ3v) is 4.73. The van der Waals surface area contributed by atoms with Gasteiger partial charge in [0.1, 0.15) is 5.75 Å². The van der Waals surface area contributed by atoms with Gasteiger partial charge in [0.25, 0.3) is 0 Å². The molecule has 3 aromatic rings. The van der Waals surface area contributed by atoms with E-state index < -0.39 is 0 Å². The number of nitriles is 1. The van der Waals surface area contributed by atoms with Crippen molar-refractivity contribution in [3.8, 4) is 23.2 Å². The Morgan fingerprint density at radius 2 is 2.00 bits per heavy atom. The van der Waals surface area contributed by atoms with Crippen LogP contribution in [0.4, 0.5) is 0 Å². The van der Waals surface area contributed by atoms with Crippen LogP contribution in [0.5, 0.6) is 5.75 Å². The number of hydrogen-bond acceptors (Lipinski definition) is 5. The molecule has 0 aliphatic heterocycles. The Morgan fingerprint density at radius 3 is 2.79 bits per heavy atom. The van der Waals surface area contributed by atoms with E-state index in [9.17, 15) is 0 Å². The first-order chi connectivity index (χ1) is 11.7. The highest BCUT2D eigenvalue weighted by Crippen LogP contribution is 2.27. The average Bonchev–Trinajstić information content (AvgIpc) is 3.00. The minimum Gasteiger partial charge on any atom is -0.497 e. The summed E-state index contributed by atoms with van der Waals surface area (Å²) in [4.78, 5) is 0. The molecule has 0 radical (unpaired) electrons. The zero-order valence-electron chi connectivity index (χ0n) is 13.4. The molecule has 0 bridgehead atoms. The molecule has 0 fully saturated rings. The lowest BCUT2D eigenvalue weighted by Gasteiger charge is -2.06.